The molecule has 0 amide bonds. The number of halogens is 4. The molecule has 0 bridgehead atoms. The molecule has 1 aliphatic rings. The van der Waals surface area contributed by atoms with Crippen molar-refractivity contribution in [2.24, 2.45) is 5.92 Å². The first-order chi connectivity index (χ1) is 10.8. The van der Waals surface area contributed by atoms with Gasteiger partial charge in [-0.3, -0.25) is 4.90 Å². The van der Waals surface area contributed by atoms with Crippen molar-refractivity contribution in [3.05, 3.63) is 29.3 Å². The van der Waals surface area contributed by atoms with Crippen LogP contribution in [-0.2, 0) is 6.18 Å². The fourth-order valence-electron chi connectivity index (χ4n) is 3.03. The number of ether oxygens (including phenoxy) is 1. The van der Waals surface area contributed by atoms with E-state index >= 15 is 0 Å². The van der Waals surface area contributed by atoms with Crippen LogP contribution in [0.1, 0.15) is 37.4 Å². The highest BCUT2D eigenvalue weighted by Crippen LogP contribution is 2.37. The molecule has 1 N–H and O–H groups in total. The zero-order valence-corrected chi connectivity index (χ0v) is 15.1. The molecular weight excluding hydrogens is 341 g/mol. The Morgan fingerprint density at radius 3 is 2.29 bits per heavy atom. The molecule has 1 atom stereocenters. The number of rotatable bonds is 5. The minimum atomic E-state index is -4.37. The predicted octanol–water partition coefficient (Wildman–Crippen LogP) is 4.13. The molecule has 24 heavy (non-hydrogen) atoms. The number of hydrogen-bond acceptors (Lipinski definition) is 3. The molecule has 0 radical (unpaired) electrons. The number of benzene rings is 1. The van der Waals surface area contributed by atoms with Gasteiger partial charge in [0, 0.05) is 32.2 Å². The molecule has 1 aliphatic heterocycles. The van der Waals surface area contributed by atoms with Crippen LogP contribution in [0.4, 0.5) is 13.2 Å². The Labute approximate surface area is 148 Å². The second kappa shape index (κ2) is 8.92. The normalized spacial score (nSPS) is 17.5. The number of methoxy groups -OCH3 is 1. The van der Waals surface area contributed by atoms with Gasteiger partial charge in [-0.1, -0.05) is 13.8 Å². The van der Waals surface area contributed by atoms with Crippen LogP contribution in [0.25, 0.3) is 0 Å². The number of piperazine rings is 1. The van der Waals surface area contributed by atoms with Crippen molar-refractivity contribution in [2.75, 3.05) is 33.3 Å². The molecule has 0 saturated carbocycles. The zero-order valence-electron chi connectivity index (χ0n) is 14.3. The quantitative estimate of drug-likeness (QED) is 0.848. The Balaban J connectivity index is 0.00000288. The number of alkyl halides is 3. The average molecular weight is 367 g/mol. The maximum atomic E-state index is 13.2. The summed E-state index contributed by atoms with van der Waals surface area (Å²) in [6.07, 6.45) is -3.54. The third-order valence-electron chi connectivity index (χ3n) is 4.16. The maximum absolute atomic E-state index is 13.2. The van der Waals surface area contributed by atoms with Crippen LogP contribution in [0, 0.1) is 5.92 Å². The van der Waals surface area contributed by atoms with E-state index in [1.807, 2.05) is 0 Å². The van der Waals surface area contributed by atoms with E-state index in [-0.39, 0.29) is 24.2 Å². The number of hydrogen-bond donors (Lipinski definition) is 1. The van der Waals surface area contributed by atoms with E-state index in [9.17, 15) is 13.2 Å². The van der Waals surface area contributed by atoms with Gasteiger partial charge in [-0.15, -0.1) is 12.4 Å². The molecule has 0 spiro atoms. The van der Waals surface area contributed by atoms with E-state index in [4.69, 9.17) is 4.74 Å². The molecule has 138 valence electrons. The van der Waals surface area contributed by atoms with Gasteiger partial charge in [-0.05, 0) is 36.1 Å². The van der Waals surface area contributed by atoms with Crippen molar-refractivity contribution in [3.63, 3.8) is 0 Å². The summed E-state index contributed by atoms with van der Waals surface area (Å²) < 4.78 is 44.6. The second-order valence-electron chi connectivity index (χ2n) is 6.42. The monoisotopic (exact) mass is 366 g/mol. The molecule has 2 rings (SSSR count). The Hall–Kier alpha value is -0.980. The Morgan fingerprint density at radius 2 is 1.79 bits per heavy atom. The molecule has 1 heterocycles. The lowest BCUT2D eigenvalue weighted by molar-refractivity contribution is -0.137. The summed E-state index contributed by atoms with van der Waals surface area (Å²) in [6.45, 7) is 7.61. The lowest BCUT2D eigenvalue weighted by Gasteiger charge is -2.36. The van der Waals surface area contributed by atoms with Crippen LogP contribution < -0.4 is 10.1 Å². The summed E-state index contributed by atoms with van der Waals surface area (Å²) in [5, 5.41) is 3.29. The van der Waals surface area contributed by atoms with Crippen molar-refractivity contribution >= 4 is 12.4 Å². The molecule has 7 heteroatoms. The summed E-state index contributed by atoms with van der Waals surface area (Å²) in [4.78, 5) is 2.27. The first-order valence-corrected chi connectivity index (χ1v) is 8.02. The number of nitrogens with one attached hydrogen (secondary N) is 1. The largest absolute Gasteiger partial charge is 0.497 e. The van der Waals surface area contributed by atoms with Gasteiger partial charge >= 0.3 is 6.18 Å². The number of nitrogens with zero attached hydrogens (tertiary/aromatic N) is 1. The van der Waals surface area contributed by atoms with E-state index < -0.39 is 11.7 Å². The fraction of sp³-hybridized carbons (Fsp3) is 0.647. The van der Waals surface area contributed by atoms with Gasteiger partial charge in [0.05, 0.1) is 12.7 Å². The summed E-state index contributed by atoms with van der Waals surface area (Å²) in [5.41, 5.74) is 0.0445. The van der Waals surface area contributed by atoms with E-state index in [1.165, 1.54) is 13.2 Å². The maximum Gasteiger partial charge on any atom is 0.416 e. The van der Waals surface area contributed by atoms with Crippen molar-refractivity contribution in [1.29, 1.82) is 0 Å². The third kappa shape index (κ3) is 5.53. The standard InChI is InChI=1S/C17H25F3N2O.ClH/c1-12(2)8-16(22-6-4-21-5-7-22)13-9-14(17(18,19)20)11-15(10-13)23-3;/h9-12,16,21H,4-8H2,1-3H3;1H/t16-;/m0./s1. The van der Waals surface area contributed by atoms with Gasteiger partial charge in [0.1, 0.15) is 5.75 Å². The molecule has 0 unspecified atom stereocenters. The van der Waals surface area contributed by atoms with E-state index in [0.717, 1.165) is 38.7 Å². The zero-order chi connectivity index (χ0) is 17.0. The lowest BCUT2D eigenvalue weighted by atomic mass is 9.93. The molecule has 1 aromatic rings. The third-order valence-corrected chi connectivity index (χ3v) is 4.16. The van der Waals surface area contributed by atoms with Gasteiger partial charge in [0.2, 0.25) is 0 Å². The van der Waals surface area contributed by atoms with Gasteiger partial charge < -0.3 is 10.1 Å². The molecule has 1 fully saturated rings. The molecule has 0 aliphatic carbocycles. The highest BCUT2D eigenvalue weighted by Gasteiger charge is 2.33. The van der Waals surface area contributed by atoms with Crippen LogP contribution in [-0.4, -0.2) is 38.2 Å². The van der Waals surface area contributed by atoms with Gasteiger partial charge in [0.25, 0.3) is 0 Å². The second-order valence-corrected chi connectivity index (χ2v) is 6.42. The highest BCUT2D eigenvalue weighted by atomic mass is 35.5. The highest BCUT2D eigenvalue weighted by molar-refractivity contribution is 5.85. The summed E-state index contributed by atoms with van der Waals surface area (Å²) in [6, 6.07) is 4.06. The van der Waals surface area contributed by atoms with Crippen LogP contribution in [0.2, 0.25) is 0 Å². The molecule has 1 saturated heterocycles. The first-order valence-electron chi connectivity index (χ1n) is 8.02. The summed E-state index contributed by atoms with van der Waals surface area (Å²) >= 11 is 0. The smallest absolute Gasteiger partial charge is 0.416 e. The molecule has 0 aromatic heterocycles. The van der Waals surface area contributed by atoms with Crippen molar-refractivity contribution in [2.45, 2.75) is 32.5 Å². The predicted molar refractivity (Wildman–Crippen MR) is 91.9 cm³/mol. The molecular formula is C17H26ClF3N2O. The van der Waals surface area contributed by atoms with Crippen LogP contribution in [0.15, 0.2) is 18.2 Å². The van der Waals surface area contributed by atoms with E-state index in [2.05, 4.69) is 24.1 Å². The van der Waals surface area contributed by atoms with Crippen molar-refractivity contribution < 1.29 is 17.9 Å². The van der Waals surface area contributed by atoms with Gasteiger partial charge in [-0.25, -0.2) is 0 Å². The van der Waals surface area contributed by atoms with E-state index in [0.29, 0.717) is 11.5 Å². The van der Waals surface area contributed by atoms with Crippen molar-refractivity contribution in [3.8, 4) is 5.75 Å². The Bertz CT molecular complexity index is 517. The Kier molecular flexibility index (Phi) is 7.83. The van der Waals surface area contributed by atoms with Crippen molar-refractivity contribution in [1.82, 2.24) is 10.2 Å². The van der Waals surface area contributed by atoms with Gasteiger partial charge in [0.15, 0.2) is 0 Å². The van der Waals surface area contributed by atoms with Gasteiger partial charge in [-0.2, -0.15) is 13.2 Å². The summed E-state index contributed by atoms with van der Waals surface area (Å²) in [7, 11) is 1.40. The Morgan fingerprint density at radius 1 is 1.17 bits per heavy atom. The van der Waals surface area contributed by atoms with E-state index in [1.54, 1.807) is 6.07 Å². The average Bonchev–Trinajstić information content (AvgIpc) is 2.52. The molecule has 3 nitrogen and oxygen atoms in total. The van der Waals surface area contributed by atoms with Crippen LogP contribution in [0.3, 0.4) is 0 Å². The summed E-state index contributed by atoms with van der Waals surface area (Å²) in [5.74, 6) is 0.661. The van der Waals surface area contributed by atoms with Crippen LogP contribution >= 0.6 is 12.4 Å². The molecule has 1 aromatic carbocycles. The fourth-order valence-corrected chi connectivity index (χ4v) is 3.03. The topological polar surface area (TPSA) is 24.5 Å². The minimum Gasteiger partial charge on any atom is -0.497 e. The first kappa shape index (κ1) is 21.1. The minimum absolute atomic E-state index is 0. The SMILES string of the molecule is COc1cc([C@H](CC(C)C)N2CCNCC2)cc(C(F)(F)F)c1.Cl. The lowest BCUT2D eigenvalue weighted by Crippen LogP contribution is -2.45. The van der Waals surface area contributed by atoms with Crippen LogP contribution in [0.5, 0.6) is 5.75 Å².